The molecule has 1 heterocycles. The fraction of sp³-hybridized carbons (Fsp3) is 0.500. The molecule has 1 N–H and O–H groups in total. The van der Waals surface area contributed by atoms with Crippen molar-refractivity contribution in [2.75, 3.05) is 11.4 Å². The largest absolute Gasteiger partial charge is 0.478 e. The summed E-state index contributed by atoms with van der Waals surface area (Å²) in [7, 11) is 0. The van der Waals surface area contributed by atoms with Gasteiger partial charge in [0.1, 0.15) is 0 Å². The van der Waals surface area contributed by atoms with Crippen molar-refractivity contribution in [1.82, 2.24) is 0 Å². The third kappa shape index (κ3) is 2.82. The maximum Gasteiger partial charge on any atom is 0.335 e. The Balaban J connectivity index is 2.59. The summed E-state index contributed by atoms with van der Waals surface area (Å²) in [5.74, 6) is -0.854. The van der Waals surface area contributed by atoms with E-state index < -0.39 is 5.97 Å². The Morgan fingerprint density at radius 1 is 1.29 bits per heavy atom. The lowest BCUT2D eigenvalue weighted by atomic mass is 9.86. The summed E-state index contributed by atoms with van der Waals surface area (Å²) in [6.07, 6.45) is 4.53. The van der Waals surface area contributed by atoms with Crippen molar-refractivity contribution in [3.63, 3.8) is 0 Å². The third-order valence-corrected chi connectivity index (χ3v) is 4.29. The first kappa shape index (κ1) is 15.6. The molecule has 0 atom stereocenters. The molecule has 1 aromatic carbocycles. The molecule has 0 spiro atoms. The van der Waals surface area contributed by atoms with Crippen LogP contribution in [0.4, 0.5) is 5.69 Å². The van der Waals surface area contributed by atoms with E-state index >= 15 is 0 Å². The van der Waals surface area contributed by atoms with Gasteiger partial charge in [0.05, 0.1) is 11.1 Å². The third-order valence-electron chi connectivity index (χ3n) is 4.29. The van der Waals surface area contributed by atoms with Crippen LogP contribution in [0.5, 0.6) is 0 Å². The molecule has 1 aliphatic rings. The summed E-state index contributed by atoms with van der Waals surface area (Å²) >= 11 is 0. The van der Waals surface area contributed by atoms with E-state index in [4.69, 9.17) is 0 Å². The molecule has 3 heteroatoms. The normalized spacial score (nSPS) is 16.4. The summed E-state index contributed by atoms with van der Waals surface area (Å²) in [4.78, 5) is 13.8. The topological polar surface area (TPSA) is 40.5 Å². The summed E-state index contributed by atoms with van der Waals surface area (Å²) in [6.45, 7) is 11.6. The van der Waals surface area contributed by atoms with E-state index in [2.05, 4.69) is 38.7 Å². The van der Waals surface area contributed by atoms with E-state index in [1.54, 1.807) is 0 Å². The van der Waals surface area contributed by atoms with Gasteiger partial charge in [-0.15, -0.1) is 0 Å². The number of allylic oxidation sites excluding steroid dienone is 1. The second-order valence-electron chi connectivity index (χ2n) is 6.48. The number of unbranched alkanes of at least 4 members (excludes halogenated alkanes) is 1. The zero-order valence-corrected chi connectivity index (χ0v) is 13.7. The van der Waals surface area contributed by atoms with Crippen LogP contribution in [-0.4, -0.2) is 23.2 Å². The number of carboxylic acids is 1. The number of anilines is 1. The van der Waals surface area contributed by atoms with Crippen LogP contribution in [-0.2, 0) is 0 Å². The number of hydrogen-bond acceptors (Lipinski definition) is 2. The molecule has 3 nitrogen and oxygen atoms in total. The lowest BCUT2D eigenvalue weighted by molar-refractivity contribution is 0.0696. The van der Waals surface area contributed by atoms with Crippen molar-refractivity contribution >= 4 is 17.2 Å². The molecule has 0 aliphatic carbocycles. The van der Waals surface area contributed by atoms with Gasteiger partial charge in [0.15, 0.2) is 0 Å². The fourth-order valence-electron chi connectivity index (χ4n) is 3.18. The molecule has 0 unspecified atom stereocenters. The second-order valence-corrected chi connectivity index (χ2v) is 6.48. The van der Waals surface area contributed by atoms with Crippen LogP contribution >= 0.6 is 0 Å². The van der Waals surface area contributed by atoms with Crippen LogP contribution in [0.3, 0.4) is 0 Å². The summed E-state index contributed by atoms with van der Waals surface area (Å²) in [5.41, 5.74) is 4.56. The Labute approximate surface area is 127 Å². The Bertz CT molecular complexity index is 599. The quantitative estimate of drug-likeness (QED) is 0.886. The van der Waals surface area contributed by atoms with Gasteiger partial charge in [-0.2, -0.15) is 0 Å². The van der Waals surface area contributed by atoms with Crippen molar-refractivity contribution in [2.24, 2.45) is 0 Å². The lowest BCUT2D eigenvalue weighted by Gasteiger charge is -2.43. The van der Waals surface area contributed by atoms with E-state index in [1.807, 2.05) is 19.1 Å². The number of hydrogen-bond donors (Lipinski definition) is 1. The summed E-state index contributed by atoms with van der Waals surface area (Å²) < 4.78 is 0. The van der Waals surface area contributed by atoms with Crippen LogP contribution in [0.15, 0.2) is 18.2 Å². The standard InChI is InChI=1S/C18H25NO2/c1-6-7-8-19-16-9-12(2)15(17(20)21)10-14(16)13(3)11-18(19,4)5/h9-11H,6-8H2,1-5H3,(H,20,21). The van der Waals surface area contributed by atoms with Crippen molar-refractivity contribution in [1.29, 1.82) is 0 Å². The van der Waals surface area contributed by atoms with E-state index in [0.717, 1.165) is 41.8 Å². The average Bonchev–Trinajstić information content (AvgIpc) is 2.36. The second kappa shape index (κ2) is 5.55. The highest BCUT2D eigenvalue weighted by atomic mass is 16.4. The van der Waals surface area contributed by atoms with Gasteiger partial charge in [0.2, 0.25) is 0 Å². The van der Waals surface area contributed by atoms with Crippen molar-refractivity contribution < 1.29 is 9.90 Å². The minimum atomic E-state index is -0.854. The molecule has 0 amide bonds. The van der Waals surface area contributed by atoms with Gasteiger partial charge in [-0.05, 0) is 57.4 Å². The van der Waals surface area contributed by atoms with E-state index in [-0.39, 0.29) is 5.54 Å². The maximum atomic E-state index is 11.4. The molecule has 0 fully saturated rings. The Morgan fingerprint density at radius 3 is 2.52 bits per heavy atom. The smallest absolute Gasteiger partial charge is 0.335 e. The van der Waals surface area contributed by atoms with E-state index in [1.165, 1.54) is 0 Å². The average molecular weight is 287 g/mol. The Hall–Kier alpha value is -1.77. The number of nitrogens with zero attached hydrogens (tertiary/aromatic N) is 1. The van der Waals surface area contributed by atoms with Crippen molar-refractivity contribution in [2.45, 2.75) is 53.0 Å². The molecule has 0 bridgehead atoms. The molecule has 1 aliphatic heterocycles. The fourth-order valence-corrected chi connectivity index (χ4v) is 3.18. The minimum Gasteiger partial charge on any atom is -0.478 e. The Kier molecular flexibility index (Phi) is 4.13. The first-order valence-electron chi connectivity index (χ1n) is 7.63. The van der Waals surface area contributed by atoms with Crippen LogP contribution in [0.25, 0.3) is 5.57 Å². The number of carboxylic acid groups (broad SMARTS) is 1. The monoisotopic (exact) mass is 287 g/mol. The van der Waals surface area contributed by atoms with Gasteiger partial charge in [-0.25, -0.2) is 4.79 Å². The van der Waals surface area contributed by atoms with Crippen molar-refractivity contribution in [3.8, 4) is 0 Å². The molecular formula is C18H25NO2. The van der Waals surface area contributed by atoms with Gasteiger partial charge in [0, 0.05) is 17.8 Å². The first-order chi connectivity index (χ1) is 9.77. The van der Waals surface area contributed by atoms with Gasteiger partial charge in [-0.3, -0.25) is 0 Å². The maximum absolute atomic E-state index is 11.4. The highest BCUT2D eigenvalue weighted by molar-refractivity contribution is 5.93. The highest BCUT2D eigenvalue weighted by Crippen LogP contribution is 2.40. The number of aromatic carboxylic acids is 1. The minimum absolute atomic E-state index is 0.0383. The molecule has 0 radical (unpaired) electrons. The van der Waals surface area contributed by atoms with Gasteiger partial charge in [0.25, 0.3) is 0 Å². The zero-order valence-electron chi connectivity index (χ0n) is 13.7. The molecule has 114 valence electrons. The molecule has 1 aromatic rings. The van der Waals surface area contributed by atoms with Crippen LogP contribution in [0.1, 0.15) is 62.0 Å². The van der Waals surface area contributed by atoms with Crippen LogP contribution in [0.2, 0.25) is 0 Å². The SMILES string of the molecule is CCCCN1c2cc(C)c(C(=O)O)cc2C(C)=CC1(C)C. The number of rotatable bonds is 4. The molecule has 0 saturated heterocycles. The van der Waals surface area contributed by atoms with Gasteiger partial charge < -0.3 is 10.0 Å². The molecule has 0 aromatic heterocycles. The van der Waals surface area contributed by atoms with E-state index in [0.29, 0.717) is 5.56 Å². The van der Waals surface area contributed by atoms with E-state index in [9.17, 15) is 9.90 Å². The lowest BCUT2D eigenvalue weighted by Crippen LogP contribution is -2.45. The molecule has 21 heavy (non-hydrogen) atoms. The number of fused-ring (bicyclic) bond motifs is 1. The molecule has 0 saturated carbocycles. The summed E-state index contributed by atoms with van der Waals surface area (Å²) in [5, 5.41) is 9.33. The summed E-state index contributed by atoms with van der Waals surface area (Å²) in [6, 6.07) is 3.86. The zero-order chi connectivity index (χ0) is 15.8. The van der Waals surface area contributed by atoms with Crippen LogP contribution < -0.4 is 4.90 Å². The predicted molar refractivity (Wildman–Crippen MR) is 88.1 cm³/mol. The van der Waals surface area contributed by atoms with Crippen molar-refractivity contribution in [3.05, 3.63) is 34.9 Å². The highest BCUT2D eigenvalue weighted by Gasteiger charge is 2.31. The first-order valence-corrected chi connectivity index (χ1v) is 7.63. The predicted octanol–water partition coefficient (Wildman–Crippen LogP) is 4.50. The van der Waals surface area contributed by atoms with Gasteiger partial charge >= 0.3 is 5.97 Å². The van der Waals surface area contributed by atoms with Crippen LogP contribution in [0, 0.1) is 6.92 Å². The van der Waals surface area contributed by atoms with Gasteiger partial charge in [-0.1, -0.05) is 19.4 Å². The Morgan fingerprint density at radius 2 is 1.95 bits per heavy atom. The number of benzene rings is 1. The number of aryl methyl sites for hydroxylation is 1. The number of carbonyl (C=O) groups is 1. The molecular weight excluding hydrogens is 262 g/mol. The molecule has 2 rings (SSSR count).